The fourth-order valence-electron chi connectivity index (χ4n) is 4.67. The van der Waals surface area contributed by atoms with Crippen LogP contribution in [0.4, 0.5) is 23.4 Å². The zero-order valence-electron chi connectivity index (χ0n) is 19.7. The Morgan fingerprint density at radius 3 is 2.37 bits per heavy atom. The smallest absolute Gasteiger partial charge is 0.266 e. The van der Waals surface area contributed by atoms with Crippen LogP contribution in [-0.2, 0) is 22.7 Å². The van der Waals surface area contributed by atoms with E-state index in [1.165, 1.54) is 28.9 Å². The van der Waals surface area contributed by atoms with Crippen molar-refractivity contribution >= 4 is 17.6 Å². The summed E-state index contributed by atoms with van der Waals surface area (Å²) < 4.78 is 56.5. The number of aryl methyl sites for hydroxylation is 1. The van der Waals surface area contributed by atoms with E-state index >= 15 is 4.39 Å². The van der Waals surface area contributed by atoms with Gasteiger partial charge in [0.1, 0.15) is 17.5 Å². The second-order valence-corrected chi connectivity index (χ2v) is 9.09. The number of benzene rings is 1. The molecule has 1 N–H and O–H groups in total. The highest BCUT2D eigenvalue weighted by Gasteiger charge is 2.46. The molecule has 7 nitrogen and oxygen atoms in total. The number of alkyl halides is 3. The van der Waals surface area contributed by atoms with Gasteiger partial charge in [0.05, 0.1) is 30.4 Å². The number of aromatic nitrogens is 2. The fourth-order valence-corrected chi connectivity index (χ4v) is 4.67. The van der Waals surface area contributed by atoms with Crippen LogP contribution in [0.1, 0.15) is 67.4 Å². The quantitative estimate of drug-likeness (QED) is 0.631. The highest BCUT2D eigenvalue weighted by molar-refractivity contribution is 5.86. The number of carbonyl (C=O) groups is 2. The number of carbonyl (C=O) groups excluding carboxylic acids is 2. The summed E-state index contributed by atoms with van der Waals surface area (Å²) >= 11 is 0. The summed E-state index contributed by atoms with van der Waals surface area (Å²) in [5.74, 6) is -1.06. The van der Waals surface area contributed by atoms with Crippen LogP contribution in [0.15, 0.2) is 18.2 Å². The number of nitrogens with zero attached hydrogens (tertiary/aromatic N) is 4. The van der Waals surface area contributed by atoms with Gasteiger partial charge in [-0.1, -0.05) is 18.2 Å². The largest absolute Gasteiger partial charge is 0.363 e. The van der Waals surface area contributed by atoms with E-state index in [-0.39, 0.29) is 50.5 Å². The fraction of sp³-hybridized carbons (Fsp3) is 0.500. The Kier molecular flexibility index (Phi) is 6.70. The minimum Gasteiger partial charge on any atom is -0.363 e. The van der Waals surface area contributed by atoms with E-state index in [1.807, 2.05) is 0 Å². The van der Waals surface area contributed by atoms with Crippen molar-refractivity contribution in [1.82, 2.24) is 19.8 Å². The lowest BCUT2D eigenvalue weighted by Crippen LogP contribution is -2.52. The van der Waals surface area contributed by atoms with Gasteiger partial charge in [-0.2, -0.15) is 0 Å². The first-order valence-corrected chi connectivity index (χ1v) is 11.4. The Bertz CT molecular complexity index is 1150. The molecule has 11 heteroatoms. The maximum absolute atomic E-state index is 15.6. The highest BCUT2D eigenvalue weighted by atomic mass is 19.3. The Morgan fingerprint density at radius 1 is 1.09 bits per heavy atom. The molecule has 1 aromatic heterocycles. The molecule has 0 radical (unpaired) electrons. The number of amides is 2. The van der Waals surface area contributed by atoms with Gasteiger partial charge < -0.3 is 15.1 Å². The van der Waals surface area contributed by atoms with E-state index in [0.717, 1.165) is 6.07 Å². The summed E-state index contributed by atoms with van der Waals surface area (Å²) in [6.45, 7) is 5.19. The molecule has 4 rings (SSSR count). The van der Waals surface area contributed by atoms with Gasteiger partial charge >= 0.3 is 0 Å². The number of rotatable bonds is 5. The van der Waals surface area contributed by atoms with E-state index in [1.54, 1.807) is 13.8 Å². The van der Waals surface area contributed by atoms with Gasteiger partial charge in [0.25, 0.3) is 12.3 Å². The van der Waals surface area contributed by atoms with Crippen LogP contribution < -0.4 is 5.32 Å². The molecule has 1 saturated heterocycles. The third-order valence-electron chi connectivity index (χ3n) is 6.68. The average molecular weight is 494 g/mol. The van der Waals surface area contributed by atoms with E-state index in [4.69, 9.17) is 0 Å². The van der Waals surface area contributed by atoms with Gasteiger partial charge in [0.2, 0.25) is 5.91 Å². The number of hydrogen-bond donors (Lipinski definition) is 1. The van der Waals surface area contributed by atoms with Gasteiger partial charge in [-0.15, -0.1) is 0 Å². The normalized spacial score (nSPS) is 17.9. The molecule has 0 aliphatic carbocycles. The highest BCUT2D eigenvalue weighted by Crippen LogP contribution is 2.35. The van der Waals surface area contributed by atoms with E-state index in [0.29, 0.717) is 22.9 Å². The van der Waals surface area contributed by atoms with Crippen LogP contribution in [0.3, 0.4) is 0 Å². The molecular formula is C24H27F4N5O2. The van der Waals surface area contributed by atoms with Crippen molar-refractivity contribution in [3.63, 3.8) is 0 Å². The molecule has 1 atom stereocenters. The van der Waals surface area contributed by atoms with Crippen molar-refractivity contribution in [2.75, 3.05) is 18.4 Å². The first-order chi connectivity index (χ1) is 16.5. The second-order valence-electron chi connectivity index (χ2n) is 9.09. The lowest BCUT2D eigenvalue weighted by atomic mass is 9.91. The number of piperidine rings is 1. The number of likely N-dealkylation sites (tertiary alicyclic amines) is 1. The van der Waals surface area contributed by atoms with Gasteiger partial charge in [-0.3, -0.25) is 9.59 Å². The second kappa shape index (κ2) is 9.43. The molecule has 2 aliphatic rings. The standard InChI is InChI=1S/C24H27F4N5O2/c1-13(16-5-4-6-17(20(16)25)21(26)27)29-22-18-11-33(12-19(18)30-14(2)31-22)23(35)24(28)7-9-32(10-8-24)15(3)34/h4-6,13,21H,7-12H2,1-3H3,(H,29,30,31). The molecule has 1 aromatic carbocycles. The summed E-state index contributed by atoms with van der Waals surface area (Å²) in [7, 11) is 0. The van der Waals surface area contributed by atoms with Crippen molar-refractivity contribution in [3.05, 3.63) is 52.2 Å². The lowest BCUT2D eigenvalue weighted by Gasteiger charge is -2.36. The maximum atomic E-state index is 15.6. The Labute approximate surface area is 200 Å². The summed E-state index contributed by atoms with van der Waals surface area (Å²) in [5, 5.41) is 3.06. The zero-order chi connectivity index (χ0) is 25.5. The van der Waals surface area contributed by atoms with Crippen LogP contribution >= 0.6 is 0 Å². The molecule has 1 unspecified atom stereocenters. The molecule has 0 bridgehead atoms. The molecule has 2 aliphatic heterocycles. The van der Waals surface area contributed by atoms with Gasteiger partial charge in [0, 0.05) is 44.0 Å². The maximum Gasteiger partial charge on any atom is 0.266 e. The Morgan fingerprint density at radius 2 is 1.74 bits per heavy atom. The van der Waals surface area contributed by atoms with Crippen LogP contribution in [0, 0.1) is 12.7 Å². The summed E-state index contributed by atoms with van der Waals surface area (Å²) in [4.78, 5) is 36.3. The van der Waals surface area contributed by atoms with Crippen molar-refractivity contribution < 1.29 is 27.2 Å². The minimum absolute atomic E-state index is 0.0543. The predicted molar refractivity (Wildman–Crippen MR) is 120 cm³/mol. The van der Waals surface area contributed by atoms with Crippen LogP contribution in [-0.4, -0.2) is 50.3 Å². The van der Waals surface area contributed by atoms with Gasteiger partial charge in [-0.25, -0.2) is 27.5 Å². The van der Waals surface area contributed by atoms with Crippen molar-refractivity contribution in [1.29, 1.82) is 0 Å². The molecule has 0 spiro atoms. The molecule has 188 valence electrons. The molecule has 3 heterocycles. The first-order valence-electron chi connectivity index (χ1n) is 11.4. The molecule has 35 heavy (non-hydrogen) atoms. The van der Waals surface area contributed by atoms with Crippen molar-refractivity contribution in [2.45, 2.75) is 64.8 Å². The summed E-state index contributed by atoms with van der Waals surface area (Å²) in [6.07, 6.45) is -3.10. The van der Waals surface area contributed by atoms with E-state index < -0.39 is 35.4 Å². The molecule has 1 fully saturated rings. The number of hydrogen-bond acceptors (Lipinski definition) is 5. The van der Waals surface area contributed by atoms with Gasteiger partial charge in [-0.05, 0) is 13.8 Å². The number of halogens is 4. The average Bonchev–Trinajstić information content (AvgIpc) is 3.22. The van der Waals surface area contributed by atoms with Crippen molar-refractivity contribution in [3.8, 4) is 0 Å². The molecular weight excluding hydrogens is 466 g/mol. The predicted octanol–water partition coefficient (Wildman–Crippen LogP) is 4.23. The van der Waals surface area contributed by atoms with Crippen molar-refractivity contribution in [2.24, 2.45) is 0 Å². The first kappa shape index (κ1) is 24.9. The lowest BCUT2D eigenvalue weighted by molar-refractivity contribution is -0.150. The molecule has 0 saturated carbocycles. The summed E-state index contributed by atoms with van der Waals surface area (Å²) in [6, 6.07) is 3.12. The zero-order valence-corrected chi connectivity index (χ0v) is 19.7. The van der Waals surface area contributed by atoms with E-state index in [9.17, 15) is 22.8 Å². The van der Waals surface area contributed by atoms with Crippen LogP contribution in [0.5, 0.6) is 0 Å². The SMILES string of the molecule is CC(=O)N1CCC(F)(C(=O)N2Cc3nc(C)nc(NC(C)c4cccc(C(F)F)c4F)c3C2)CC1. The number of nitrogens with one attached hydrogen (secondary N) is 1. The third-order valence-corrected chi connectivity index (χ3v) is 6.68. The van der Waals surface area contributed by atoms with E-state index in [2.05, 4.69) is 15.3 Å². The third kappa shape index (κ3) is 4.81. The Hall–Kier alpha value is -3.24. The molecule has 2 aromatic rings. The van der Waals surface area contributed by atoms with Crippen LogP contribution in [0.25, 0.3) is 0 Å². The number of fused-ring (bicyclic) bond motifs is 1. The summed E-state index contributed by atoms with van der Waals surface area (Å²) in [5.41, 5.74) is -1.58. The molecule has 2 amide bonds. The number of anilines is 1. The monoisotopic (exact) mass is 493 g/mol. The Balaban J connectivity index is 1.53. The minimum atomic E-state index is -2.94. The topological polar surface area (TPSA) is 78.4 Å². The van der Waals surface area contributed by atoms with Crippen LogP contribution in [0.2, 0.25) is 0 Å². The van der Waals surface area contributed by atoms with Gasteiger partial charge in [0.15, 0.2) is 5.67 Å².